The summed E-state index contributed by atoms with van der Waals surface area (Å²) in [5.41, 5.74) is 11.3. The number of ketones is 1. The van der Waals surface area contributed by atoms with Crippen LogP contribution in [-0.4, -0.2) is 65.5 Å². The SMILES string of the molecule is C=CC1=C(C)C2=CC3=NC(=C4C5=NC(=CC6=NC(=CC1=N2)C(C)=C6CC)C(C)=C5C(=O)C4C(=O)OC)C(CC(O)C(=O)OCC=C(C)CCCC(C)CCCC(C)CCCC(C)C)C3C. The third-order valence-electron chi connectivity index (χ3n) is 14.3. The zero-order valence-corrected chi connectivity index (χ0v) is 40.9. The fourth-order valence-corrected chi connectivity index (χ4v) is 10.1. The molecule has 6 aliphatic rings. The third kappa shape index (κ3) is 10.8. The van der Waals surface area contributed by atoms with Crippen LogP contribution in [-0.2, 0) is 23.9 Å². The Balaban J connectivity index is 1.22. The van der Waals surface area contributed by atoms with Crippen LogP contribution < -0.4 is 0 Å². The number of esters is 2. The third-order valence-corrected chi connectivity index (χ3v) is 14.3. The monoisotopic (exact) mass is 885 g/mol. The quantitative estimate of drug-likeness (QED) is 0.0733. The predicted octanol–water partition coefficient (Wildman–Crippen LogP) is 11.6. The fraction of sp³-hybridized carbons (Fsp3) is 0.545. The molecule has 6 atom stereocenters. The zero-order valence-electron chi connectivity index (χ0n) is 40.9. The van der Waals surface area contributed by atoms with Crippen molar-refractivity contribution in [1.82, 2.24) is 0 Å². The summed E-state index contributed by atoms with van der Waals surface area (Å²) in [7, 11) is 1.26. The molecule has 1 saturated carbocycles. The zero-order chi connectivity index (χ0) is 47.3. The van der Waals surface area contributed by atoms with Crippen molar-refractivity contribution < 1.29 is 29.0 Å². The van der Waals surface area contributed by atoms with E-state index in [0.29, 0.717) is 51.2 Å². The molecule has 0 amide bonds. The summed E-state index contributed by atoms with van der Waals surface area (Å²) in [6.45, 7) is 25.5. The molecular weight excluding hydrogens is 813 g/mol. The molecule has 1 fully saturated rings. The number of aliphatic hydroxyl groups is 1. The Morgan fingerprint density at radius 2 is 1.46 bits per heavy atom. The van der Waals surface area contributed by atoms with Crippen molar-refractivity contribution in [2.75, 3.05) is 13.7 Å². The van der Waals surface area contributed by atoms with Gasteiger partial charge in [-0.3, -0.25) is 14.6 Å². The number of methoxy groups -OCH3 is 1. The van der Waals surface area contributed by atoms with E-state index >= 15 is 0 Å². The first kappa shape index (κ1) is 49.3. The number of aliphatic imine (C=N–C) groups is 4. The van der Waals surface area contributed by atoms with Gasteiger partial charge in [0.05, 0.1) is 47.0 Å². The lowest BCUT2D eigenvalue weighted by Gasteiger charge is -2.22. The molecule has 5 aliphatic heterocycles. The van der Waals surface area contributed by atoms with Crippen LogP contribution in [0.5, 0.6) is 0 Å². The largest absolute Gasteiger partial charge is 0.468 e. The number of hydrogen-bond acceptors (Lipinski definition) is 10. The molecule has 10 heteroatoms. The molecule has 5 heterocycles. The number of hydrogen-bond donors (Lipinski definition) is 1. The van der Waals surface area contributed by atoms with Crippen molar-refractivity contribution in [3.05, 3.63) is 104 Å². The molecule has 0 radical (unpaired) electrons. The van der Waals surface area contributed by atoms with Gasteiger partial charge in [0, 0.05) is 34.3 Å². The van der Waals surface area contributed by atoms with Gasteiger partial charge in [-0.1, -0.05) is 105 Å². The molecule has 6 rings (SSSR count). The highest BCUT2D eigenvalue weighted by Crippen LogP contribution is 2.47. The number of ether oxygens (including phenoxy) is 2. The van der Waals surface area contributed by atoms with E-state index in [1.807, 2.05) is 45.1 Å². The highest BCUT2D eigenvalue weighted by atomic mass is 16.5. The smallest absolute Gasteiger partial charge is 0.335 e. The minimum atomic E-state index is -1.50. The van der Waals surface area contributed by atoms with Gasteiger partial charge in [0.2, 0.25) is 0 Å². The summed E-state index contributed by atoms with van der Waals surface area (Å²) in [5.74, 6) is -1.89. The second-order valence-electron chi connectivity index (χ2n) is 19.6. The van der Waals surface area contributed by atoms with Crippen molar-refractivity contribution >= 4 is 40.6 Å². The number of carbonyl (C=O) groups is 3. The molecular formula is C55H72N4O6. The maximum absolute atomic E-state index is 14.4. The van der Waals surface area contributed by atoms with Crippen LogP contribution in [0.15, 0.2) is 124 Å². The number of aliphatic hydroxyl groups excluding tert-OH is 1. The fourth-order valence-electron chi connectivity index (χ4n) is 10.1. The van der Waals surface area contributed by atoms with Gasteiger partial charge in [-0.25, -0.2) is 19.8 Å². The summed E-state index contributed by atoms with van der Waals surface area (Å²) < 4.78 is 10.9. The molecule has 6 unspecified atom stereocenters. The lowest BCUT2D eigenvalue weighted by Crippen LogP contribution is -2.30. The number of allylic oxidation sites excluding steroid dienone is 12. The van der Waals surface area contributed by atoms with Crippen LogP contribution in [0.25, 0.3) is 0 Å². The van der Waals surface area contributed by atoms with Crippen LogP contribution in [0.4, 0.5) is 0 Å². The van der Waals surface area contributed by atoms with Crippen LogP contribution >= 0.6 is 0 Å². The average molecular weight is 885 g/mol. The molecule has 1 N–H and O–H groups in total. The molecule has 8 bridgehead atoms. The van der Waals surface area contributed by atoms with Crippen molar-refractivity contribution in [1.29, 1.82) is 0 Å². The predicted molar refractivity (Wildman–Crippen MR) is 263 cm³/mol. The Morgan fingerprint density at radius 3 is 2.11 bits per heavy atom. The van der Waals surface area contributed by atoms with Crippen molar-refractivity contribution in [2.45, 2.75) is 146 Å². The minimum Gasteiger partial charge on any atom is -0.468 e. The summed E-state index contributed by atoms with van der Waals surface area (Å²) in [5, 5.41) is 11.5. The number of carbonyl (C=O) groups excluding carboxylic acids is 3. The van der Waals surface area contributed by atoms with E-state index in [1.54, 1.807) is 6.08 Å². The lowest BCUT2D eigenvalue weighted by atomic mass is 9.82. The van der Waals surface area contributed by atoms with Crippen LogP contribution in [0.3, 0.4) is 0 Å². The number of rotatable bonds is 20. The van der Waals surface area contributed by atoms with Gasteiger partial charge in [-0.15, -0.1) is 0 Å². The molecule has 0 saturated heterocycles. The minimum absolute atomic E-state index is 0.0553. The van der Waals surface area contributed by atoms with Gasteiger partial charge < -0.3 is 14.6 Å². The molecule has 0 spiro atoms. The normalized spacial score (nSPS) is 23.1. The van der Waals surface area contributed by atoms with Gasteiger partial charge in [0.15, 0.2) is 11.9 Å². The standard InChI is InChI=1S/C55H72N4O6/c1-13-38-34(8)41-27-43-36(10)40(26-47(60)54(62)65-25-24-33(7)23-17-22-32(6)21-16-20-31(5)19-15-18-30(3)4)51(58-43)49-50(55(63)64-12)53(61)48-37(11)44(59-52(48)49)29-46-39(14-2)35(9)42(57-46)28-45(38)56-41/h13,24,27-32,36,40,47,50,60H,1,14-23,25-26H2,2-12H3. The van der Waals surface area contributed by atoms with E-state index in [9.17, 15) is 19.5 Å². The van der Waals surface area contributed by atoms with E-state index in [0.717, 1.165) is 82.5 Å². The maximum atomic E-state index is 14.4. The van der Waals surface area contributed by atoms with Gasteiger partial charge in [0.1, 0.15) is 12.5 Å². The van der Waals surface area contributed by atoms with Gasteiger partial charge in [-0.2, -0.15) is 0 Å². The van der Waals surface area contributed by atoms with Gasteiger partial charge in [0.25, 0.3) is 0 Å². The summed E-state index contributed by atoms with van der Waals surface area (Å²) in [6.07, 6.45) is 19.7. The van der Waals surface area contributed by atoms with E-state index in [2.05, 4.69) is 55.0 Å². The van der Waals surface area contributed by atoms with Crippen LogP contribution in [0.1, 0.15) is 140 Å². The van der Waals surface area contributed by atoms with Gasteiger partial charge in [-0.05, 0) is 118 Å². The molecule has 0 aromatic heterocycles. The highest BCUT2D eigenvalue weighted by molar-refractivity contribution is 6.43. The summed E-state index contributed by atoms with van der Waals surface area (Å²) >= 11 is 0. The first-order valence-electron chi connectivity index (χ1n) is 24.1. The molecule has 0 aromatic carbocycles. The molecule has 10 nitrogen and oxygen atoms in total. The van der Waals surface area contributed by atoms with Gasteiger partial charge >= 0.3 is 11.9 Å². The van der Waals surface area contributed by atoms with E-state index in [4.69, 9.17) is 29.4 Å². The van der Waals surface area contributed by atoms with Crippen LogP contribution in [0.2, 0.25) is 0 Å². The first-order valence-corrected chi connectivity index (χ1v) is 24.1. The second kappa shape index (κ2) is 21.5. The lowest BCUT2D eigenvalue weighted by molar-refractivity contribution is -0.153. The molecule has 348 valence electrons. The Morgan fingerprint density at radius 1 is 0.846 bits per heavy atom. The molecule has 65 heavy (non-hydrogen) atoms. The Labute approximate surface area is 387 Å². The van der Waals surface area contributed by atoms with Crippen molar-refractivity contribution in [2.24, 2.45) is 55.5 Å². The Bertz CT molecular complexity index is 2370. The second-order valence-corrected chi connectivity index (χ2v) is 19.6. The number of nitrogens with zero attached hydrogens (tertiary/aromatic N) is 4. The summed E-state index contributed by atoms with van der Waals surface area (Å²) in [6, 6.07) is 0. The van der Waals surface area contributed by atoms with Crippen molar-refractivity contribution in [3.8, 4) is 0 Å². The number of fused-ring (bicyclic) bond motifs is 4. The summed E-state index contributed by atoms with van der Waals surface area (Å²) in [4.78, 5) is 61.8. The van der Waals surface area contributed by atoms with Crippen molar-refractivity contribution in [3.63, 3.8) is 0 Å². The van der Waals surface area contributed by atoms with E-state index in [-0.39, 0.29) is 18.9 Å². The van der Waals surface area contributed by atoms with E-state index in [1.165, 1.54) is 45.6 Å². The van der Waals surface area contributed by atoms with Crippen LogP contribution in [0, 0.1) is 35.5 Å². The maximum Gasteiger partial charge on any atom is 0.335 e. The van der Waals surface area contributed by atoms with E-state index < -0.39 is 35.7 Å². The molecule has 1 aliphatic carbocycles. The Hall–Kier alpha value is -5.09. The Kier molecular flexibility index (Phi) is 16.3. The number of Topliss-reactive ketones (excluding diaryl/α,β-unsaturated/α-hetero) is 1. The first-order chi connectivity index (χ1) is 31.0. The average Bonchev–Trinajstić information content (AvgIpc) is 4.00. The molecule has 0 aromatic rings. The topological polar surface area (TPSA) is 139 Å². The highest BCUT2D eigenvalue weighted by Gasteiger charge is 2.52.